The Morgan fingerprint density at radius 3 is 2.68 bits per heavy atom. The molecular formula is C19H18FN7O. The maximum absolute atomic E-state index is 14.2. The quantitative estimate of drug-likeness (QED) is 0.672. The van der Waals surface area contributed by atoms with Crippen LogP contribution in [-0.4, -0.2) is 51.4 Å². The van der Waals surface area contributed by atoms with Gasteiger partial charge in [-0.05, 0) is 18.1 Å². The number of carbonyl (C=O) groups is 1. The van der Waals surface area contributed by atoms with Crippen LogP contribution >= 0.6 is 0 Å². The molecule has 9 heteroatoms. The van der Waals surface area contributed by atoms with E-state index < -0.39 is 11.7 Å². The number of pyridine rings is 1. The molecular weight excluding hydrogens is 361 g/mol. The predicted molar refractivity (Wildman–Crippen MR) is 102 cm³/mol. The van der Waals surface area contributed by atoms with Crippen molar-refractivity contribution in [2.45, 2.75) is 6.92 Å². The van der Waals surface area contributed by atoms with Gasteiger partial charge in [0.1, 0.15) is 11.5 Å². The monoisotopic (exact) mass is 379 g/mol. The van der Waals surface area contributed by atoms with Crippen LogP contribution in [0.25, 0.3) is 5.65 Å². The summed E-state index contributed by atoms with van der Waals surface area (Å²) in [6, 6.07) is 1.24. The first-order valence-electron chi connectivity index (χ1n) is 9.00. The van der Waals surface area contributed by atoms with Crippen molar-refractivity contribution in [3.8, 4) is 0 Å². The highest BCUT2D eigenvalue weighted by molar-refractivity contribution is 6.02. The minimum absolute atomic E-state index is 0.174. The zero-order valence-electron chi connectivity index (χ0n) is 15.2. The van der Waals surface area contributed by atoms with Crippen molar-refractivity contribution >= 4 is 23.1 Å². The lowest BCUT2D eigenvalue weighted by molar-refractivity contribution is 0.102. The summed E-state index contributed by atoms with van der Waals surface area (Å²) < 4.78 is 15.7. The van der Waals surface area contributed by atoms with Crippen LogP contribution in [0.15, 0.2) is 42.0 Å². The van der Waals surface area contributed by atoms with Gasteiger partial charge in [0, 0.05) is 44.6 Å². The number of aromatic nitrogens is 4. The molecule has 0 saturated heterocycles. The molecule has 0 saturated carbocycles. The molecule has 2 aliphatic heterocycles. The number of hydrogen-bond donors (Lipinski definition) is 2. The van der Waals surface area contributed by atoms with Crippen LogP contribution in [0.5, 0.6) is 0 Å². The molecule has 1 amide bonds. The summed E-state index contributed by atoms with van der Waals surface area (Å²) in [5.41, 5.74) is 4.24. The van der Waals surface area contributed by atoms with E-state index in [-0.39, 0.29) is 11.3 Å². The normalized spacial score (nSPS) is 16.1. The summed E-state index contributed by atoms with van der Waals surface area (Å²) in [6.07, 6.45) is 6.36. The number of carbonyl (C=O) groups excluding carboxylic acids is 1. The molecule has 0 spiro atoms. The Morgan fingerprint density at radius 1 is 1.18 bits per heavy atom. The van der Waals surface area contributed by atoms with Crippen LogP contribution in [0.4, 0.5) is 15.9 Å². The van der Waals surface area contributed by atoms with Gasteiger partial charge in [0.2, 0.25) is 0 Å². The van der Waals surface area contributed by atoms with Gasteiger partial charge in [-0.15, -0.1) is 0 Å². The van der Waals surface area contributed by atoms with Gasteiger partial charge < -0.3 is 19.9 Å². The highest BCUT2D eigenvalue weighted by atomic mass is 19.1. The van der Waals surface area contributed by atoms with Gasteiger partial charge in [-0.25, -0.2) is 19.3 Å². The number of anilines is 2. The number of aryl methyl sites for hydroxylation is 1. The molecule has 0 atom stereocenters. The molecule has 0 aromatic carbocycles. The fraction of sp³-hybridized carbons (Fsp3) is 0.263. The smallest absolute Gasteiger partial charge is 0.275 e. The summed E-state index contributed by atoms with van der Waals surface area (Å²) in [6.45, 7) is 5.31. The fourth-order valence-electron chi connectivity index (χ4n) is 3.67. The number of hydrogen-bond acceptors (Lipinski definition) is 6. The third kappa shape index (κ3) is 2.89. The van der Waals surface area contributed by atoms with Gasteiger partial charge >= 0.3 is 0 Å². The molecule has 2 aliphatic rings. The highest BCUT2D eigenvalue weighted by Crippen LogP contribution is 2.24. The summed E-state index contributed by atoms with van der Waals surface area (Å²) in [5, 5.41) is 6.00. The van der Waals surface area contributed by atoms with Gasteiger partial charge in [0.25, 0.3) is 5.91 Å². The second-order valence-corrected chi connectivity index (χ2v) is 7.07. The number of amides is 1. The van der Waals surface area contributed by atoms with Gasteiger partial charge in [-0.1, -0.05) is 0 Å². The van der Waals surface area contributed by atoms with Crippen molar-refractivity contribution < 1.29 is 9.18 Å². The molecule has 0 radical (unpaired) electrons. The first kappa shape index (κ1) is 16.8. The van der Waals surface area contributed by atoms with Crippen molar-refractivity contribution in [3.63, 3.8) is 0 Å². The van der Waals surface area contributed by atoms with Crippen molar-refractivity contribution in [2.75, 3.05) is 36.4 Å². The number of halogens is 1. The zero-order chi connectivity index (χ0) is 19.3. The molecule has 8 nitrogen and oxygen atoms in total. The molecule has 28 heavy (non-hydrogen) atoms. The predicted octanol–water partition coefficient (Wildman–Crippen LogP) is 1.54. The van der Waals surface area contributed by atoms with Crippen LogP contribution in [0.1, 0.15) is 16.2 Å². The Morgan fingerprint density at radius 2 is 1.96 bits per heavy atom. The van der Waals surface area contributed by atoms with Crippen molar-refractivity contribution in [1.82, 2.24) is 24.7 Å². The van der Waals surface area contributed by atoms with Crippen LogP contribution in [0.2, 0.25) is 0 Å². The van der Waals surface area contributed by atoms with E-state index in [9.17, 15) is 9.18 Å². The average Bonchev–Trinajstić information content (AvgIpc) is 3.36. The first-order valence-corrected chi connectivity index (χ1v) is 9.00. The van der Waals surface area contributed by atoms with Gasteiger partial charge in [-0.3, -0.25) is 4.79 Å². The summed E-state index contributed by atoms with van der Waals surface area (Å²) in [7, 11) is 0. The SMILES string of the molecule is Cc1cn2cc(NC(=O)c3cnc(N4CC5=C(CNC5)C4)cn3)cc(F)c2n1. The Kier molecular flexibility index (Phi) is 3.83. The maximum Gasteiger partial charge on any atom is 0.275 e. The lowest BCUT2D eigenvalue weighted by Crippen LogP contribution is -2.27. The number of fused-ring (bicyclic) bond motifs is 1. The van der Waals surface area contributed by atoms with Crippen LogP contribution in [0, 0.1) is 12.7 Å². The number of nitrogens with one attached hydrogen (secondary N) is 2. The van der Waals surface area contributed by atoms with E-state index in [1.54, 1.807) is 29.9 Å². The van der Waals surface area contributed by atoms with Gasteiger partial charge in [-0.2, -0.15) is 0 Å². The molecule has 3 aromatic rings. The minimum atomic E-state index is -0.503. The lowest BCUT2D eigenvalue weighted by Gasteiger charge is -2.18. The van der Waals surface area contributed by atoms with Crippen LogP contribution in [0.3, 0.4) is 0 Å². The Balaban J connectivity index is 1.30. The molecule has 0 bridgehead atoms. The Labute approximate surface area is 160 Å². The van der Waals surface area contributed by atoms with Crippen molar-refractivity contribution in [2.24, 2.45) is 0 Å². The summed E-state index contributed by atoms with van der Waals surface area (Å²) in [4.78, 5) is 27.3. The lowest BCUT2D eigenvalue weighted by atomic mass is 10.2. The molecule has 0 fully saturated rings. The fourth-order valence-corrected chi connectivity index (χ4v) is 3.67. The Bertz CT molecular complexity index is 1100. The molecule has 0 aliphatic carbocycles. The average molecular weight is 379 g/mol. The van der Waals surface area contributed by atoms with Gasteiger partial charge in [0.15, 0.2) is 11.5 Å². The summed E-state index contributed by atoms with van der Waals surface area (Å²) >= 11 is 0. The zero-order valence-corrected chi connectivity index (χ0v) is 15.2. The van der Waals surface area contributed by atoms with E-state index in [0.717, 1.165) is 32.0 Å². The van der Waals surface area contributed by atoms with Crippen molar-refractivity contribution in [3.05, 3.63) is 59.2 Å². The number of rotatable bonds is 3. The first-order chi connectivity index (χ1) is 13.6. The molecule has 142 valence electrons. The maximum atomic E-state index is 14.2. The molecule has 5 rings (SSSR count). The topological polar surface area (TPSA) is 87.5 Å². The van der Waals surface area contributed by atoms with Crippen LogP contribution < -0.4 is 15.5 Å². The largest absolute Gasteiger partial charge is 0.347 e. The third-order valence-corrected chi connectivity index (χ3v) is 5.02. The molecule has 2 N–H and O–H groups in total. The van der Waals surface area contributed by atoms with Gasteiger partial charge in [0.05, 0.1) is 23.8 Å². The summed E-state index contributed by atoms with van der Waals surface area (Å²) in [5.74, 6) is -0.204. The number of nitrogens with zero attached hydrogens (tertiary/aromatic N) is 5. The van der Waals surface area contributed by atoms with Crippen LogP contribution in [-0.2, 0) is 0 Å². The molecule has 5 heterocycles. The van der Waals surface area contributed by atoms with E-state index in [0.29, 0.717) is 11.4 Å². The number of imidazole rings is 1. The molecule has 0 unspecified atom stereocenters. The highest BCUT2D eigenvalue weighted by Gasteiger charge is 2.26. The Hall–Kier alpha value is -3.33. The standard InChI is InChI=1S/C19H18FN7O/c1-11-7-27-10-14(2-15(20)18(27)24-11)25-19(28)16-5-23-17(6-22-16)26-8-12-3-21-4-13(12)9-26/h2,5-7,10,21H,3-4,8-9H2,1H3,(H,25,28). The van der Waals surface area contributed by atoms with E-state index >= 15 is 0 Å². The van der Waals surface area contributed by atoms with E-state index in [1.165, 1.54) is 23.4 Å². The molecule has 3 aromatic heterocycles. The van der Waals surface area contributed by atoms with Crippen molar-refractivity contribution in [1.29, 1.82) is 0 Å². The van der Waals surface area contributed by atoms with E-state index in [4.69, 9.17) is 0 Å². The van der Waals surface area contributed by atoms with E-state index in [2.05, 4.69) is 30.5 Å². The van der Waals surface area contributed by atoms with E-state index in [1.807, 2.05) is 0 Å². The minimum Gasteiger partial charge on any atom is -0.347 e. The second-order valence-electron chi connectivity index (χ2n) is 7.07. The second kappa shape index (κ2) is 6.38. The third-order valence-electron chi connectivity index (χ3n) is 5.02.